The number of likely N-dealkylation sites (N-methyl/N-ethyl adjacent to an activating group) is 1. The first-order valence-electron chi connectivity index (χ1n) is 8.16. The average Bonchev–Trinajstić information content (AvgIpc) is 3.13. The molecule has 0 aliphatic carbocycles. The number of nitrogens with zero attached hydrogens (tertiary/aromatic N) is 1. The SMILES string of the molecule is CN(C)C(CNC(=O)COc1ccc2ccc(=O)oc2c1)c1ccco1. The first kappa shape index (κ1) is 17.8. The molecular formula is C19H20N2O5. The van der Waals surface area contributed by atoms with Crippen LogP contribution in [0.3, 0.4) is 0 Å². The molecule has 1 atom stereocenters. The molecule has 0 saturated carbocycles. The van der Waals surface area contributed by atoms with Crippen LogP contribution in [0.25, 0.3) is 11.0 Å². The molecule has 0 saturated heterocycles. The summed E-state index contributed by atoms with van der Waals surface area (Å²) in [7, 11) is 3.83. The highest BCUT2D eigenvalue weighted by molar-refractivity contribution is 5.79. The van der Waals surface area contributed by atoms with Crippen LogP contribution in [0.5, 0.6) is 5.75 Å². The van der Waals surface area contributed by atoms with Crippen molar-refractivity contribution in [1.29, 1.82) is 0 Å². The third-order valence-corrected chi connectivity index (χ3v) is 3.95. The molecule has 0 aliphatic heterocycles. The number of fused-ring (bicyclic) bond motifs is 1. The summed E-state index contributed by atoms with van der Waals surface area (Å²) < 4.78 is 16.0. The van der Waals surface area contributed by atoms with E-state index in [2.05, 4.69) is 5.32 Å². The van der Waals surface area contributed by atoms with Gasteiger partial charge in [0.05, 0.1) is 12.3 Å². The molecular weight excluding hydrogens is 336 g/mol. The van der Waals surface area contributed by atoms with Crippen molar-refractivity contribution in [3.63, 3.8) is 0 Å². The summed E-state index contributed by atoms with van der Waals surface area (Å²) in [6, 6.07) is 11.7. The van der Waals surface area contributed by atoms with Crippen LogP contribution in [0.1, 0.15) is 11.8 Å². The Kier molecular flexibility index (Phi) is 5.38. The monoisotopic (exact) mass is 356 g/mol. The van der Waals surface area contributed by atoms with Gasteiger partial charge in [-0.1, -0.05) is 0 Å². The molecule has 0 radical (unpaired) electrons. The second-order valence-electron chi connectivity index (χ2n) is 6.04. The Labute approximate surface area is 150 Å². The van der Waals surface area contributed by atoms with Crippen molar-refractivity contribution in [1.82, 2.24) is 10.2 Å². The number of amides is 1. The highest BCUT2D eigenvalue weighted by Gasteiger charge is 2.17. The zero-order valence-corrected chi connectivity index (χ0v) is 14.6. The Morgan fingerprint density at radius 3 is 2.77 bits per heavy atom. The minimum Gasteiger partial charge on any atom is -0.484 e. The molecule has 26 heavy (non-hydrogen) atoms. The Morgan fingerprint density at radius 1 is 1.23 bits per heavy atom. The minimum absolute atomic E-state index is 0.0658. The second kappa shape index (κ2) is 7.88. The van der Waals surface area contributed by atoms with Crippen LogP contribution in [-0.2, 0) is 4.79 Å². The Morgan fingerprint density at radius 2 is 2.04 bits per heavy atom. The summed E-state index contributed by atoms with van der Waals surface area (Å²) in [5.41, 5.74) is -0.0130. The van der Waals surface area contributed by atoms with Crippen molar-refractivity contribution in [3.8, 4) is 5.75 Å². The fourth-order valence-corrected chi connectivity index (χ4v) is 2.56. The van der Waals surface area contributed by atoms with Gasteiger partial charge in [-0.25, -0.2) is 4.79 Å². The zero-order chi connectivity index (χ0) is 18.5. The summed E-state index contributed by atoms with van der Waals surface area (Å²) in [5.74, 6) is 0.982. The molecule has 0 bridgehead atoms. The first-order valence-corrected chi connectivity index (χ1v) is 8.16. The van der Waals surface area contributed by atoms with Crippen LogP contribution in [0.4, 0.5) is 0 Å². The van der Waals surface area contributed by atoms with Gasteiger partial charge in [0.1, 0.15) is 17.1 Å². The van der Waals surface area contributed by atoms with E-state index in [1.807, 2.05) is 31.1 Å². The summed E-state index contributed by atoms with van der Waals surface area (Å²) >= 11 is 0. The number of rotatable bonds is 7. The van der Waals surface area contributed by atoms with Crippen LogP contribution >= 0.6 is 0 Å². The molecule has 3 aromatic rings. The van der Waals surface area contributed by atoms with Gasteiger partial charge in [-0.05, 0) is 44.4 Å². The van der Waals surface area contributed by atoms with Gasteiger partial charge in [0, 0.05) is 24.1 Å². The van der Waals surface area contributed by atoms with Crippen molar-refractivity contribution in [2.45, 2.75) is 6.04 Å². The third-order valence-electron chi connectivity index (χ3n) is 3.95. The fraction of sp³-hybridized carbons (Fsp3) is 0.263. The second-order valence-corrected chi connectivity index (χ2v) is 6.04. The van der Waals surface area contributed by atoms with Crippen molar-refractivity contribution in [2.24, 2.45) is 0 Å². The summed E-state index contributed by atoms with van der Waals surface area (Å²) in [5, 5.41) is 3.62. The lowest BCUT2D eigenvalue weighted by Crippen LogP contribution is -2.36. The van der Waals surface area contributed by atoms with Gasteiger partial charge in [0.25, 0.3) is 5.91 Å². The molecule has 7 nitrogen and oxygen atoms in total. The van der Waals surface area contributed by atoms with Crippen molar-refractivity contribution in [3.05, 3.63) is 64.9 Å². The first-order chi connectivity index (χ1) is 12.5. The molecule has 0 aliphatic rings. The lowest BCUT2D eigenvalue weighted by Gasteiger charge is -2.22. The molecule has 1 aromatic carbocycles. The van der Waals surface area contributed by atoms with E-state index in [0.717, 1.165) is 11.1 Å². The number of hydrogen-bond donors (Lipinski definition) is 1. The molecule has 1 unspecified atom stereocenters. The molecule has 136 valence electrons. The molecule has 2 aromatic heterocycles. The van der Waals surface area contributed by atoms with E-state index in [1.165, 1.54) is 6.07 Å². The average molecular weight is 356 g/mol. The molecule has 0 spiro atoms. The molecule has 2 heterocycles. The third kappa shape index (κ3) is 4.31. The minimum atomic E-state index is -0.431. The van der Waals surface area contributed by atoms with Crippen molar-refractivity contribution >= 4 is 16.9 Å². The predicted molar refractivity (Wildman–Crippen MR) is 96.1 cm³/mol. The van der Waals surface area contributed by atoms with Gasteiger partial charge < -0.3 is 18.9 Å². The maximum Gasteiger partial charge on any atom is 0.336 e. The molecule has 1 amide bonds. The van der Waals surface area contributed by atoms with E-state index in [4.69, 9.17) is 13.6 Å². The van der Waals surface area contributed by atoms with Gasteiger partial charge in [-0.15, -0.1) is 0 Å². The van der Waals surface area contributed by atoms with E-state index >= 15 is 0 Å². The lowest BCUT2D eigenvalue weighted by atomic mass is 10.2. The maximum atomic E-state index is 12.1. The van der Waals surface area contributed by atoms with Crippen molar-refractivity contribution < 1.29 is 18.4 Å². The molecule has 1 N–H and O–H groups in total. The van der Waals surface area contributed by atoms with E-state index in [-0.39, 0.29) is 18.6 Å². The number of ether oxygens (including phenoxy) is 1. The predicted octanol–water partition coefficient (Wildman–Crippen LogP) is 2.18. The smallest absolute Gasteiger partial charge is 0.336 e. The number of benzene rings is 1. The highest BCUT2D eigenvalue weighted by atomic mass is 16.5. The number of hydrogen-bond acceptors (Lipinski definition) is 6. The van der Waals surface area contributed by atoms with E-state index in [9.17, 15) is 9.59 Å². The molecule has 0 fully saturated rings. The molecule has 7 heteroatoms. The zero-order valence-electron chi connectivity index (χ0n) is 14.6. The van der Waals surface area contributed by atoms with E-state index < -0.39 is 5.63 Å². The van der Waals surface area contributed by atoms with Gasteiger partial charge in [0.15, 0.2) is 6.61 Å². The Hall–Kier alpha value is -3.06. The standard InChI is InChI=1S/C19H20N2O5/c1-21(2)15(16-4-3-9-24-16)11-20-18(22)12-25-14-7-5-13-6-8-19(23)26-17(13)10-14/h3-10,15H,11-12H2,1-2H3,(H,20,22). The number of carbonyl (C=O) groups is 1. The molecule has 3 rings (SSSR count). The van der Waals surface area contributed by atoms with Crippen LogP contribution in [0.15, 0.2) is 62.4 Å². The van der Waals surface area contributed by atoms with Gasteiger partial charge in [-0.2, -0.15) is 0 Å². The Balaban J connectivity index is 1.56. The van der Waals surface area contributed by atoms with Gasteiger partial charge >= 0.3 is 5.63 Å². The van der Waals surface area contributed by atoms with Crippen LogP contribution in [-0.4, -0.2) is 38.1 Å². The fourth-order valence-electron chi connectivity index (χ4n) is 2.56. The topological polar surface area (TPSA) is 84.9 Å². The quantitative estimate of drug-likeness (QED) is 0.653. The van der Waals surface area contributed by atoms with Crippen LogP contribution in [0, 0.1) is 0 Å². The van der Waals surface area contributed by atoms with Crippen LogP contribution in [0.2, 0.25) is 0 Å². The van der Waals surface area contributed by atoms with E-state index in [1.54, 1.807) is 30.5 Å². The van der Waals surface area contributed by atoms with Gasteiger partial charge in [-0.3, -0.25) is 9.69 Å². The van der Waals surface area contributed by atoms with Crippen molar-refractivity contribution in [2.75, 3.05) is 27.2 Å². The summed E-state index contributed by atoms with van der Waals surface area (Å²) in [6.45, 7) is 0.260. The highest BCUT2D eigenvalue weighted by Crippen LogP contribution is 2.20. The largest absolute Gasteiger partial charge is 0.484 e. The Bertz CT molecular complexity index is 931. The lowest BCUT2D eigenvalue weighted by molar-refractivity contribution is -0.123. The number of furan rings is 1. The summed E-state index contributed by atoms with van der Waals surface area (Å²) in [4.78, 5) is 25.3. The maximum absolute atomic E-state index is 12.1. The van der Waals surface area contributed by atoms with Gasteiger partial charge in [0.2, 0.25) is 0 Å². The van der Waals surface area contributed by atoms with E-state index in [0.29, 0.717) is 17.9 Å². The number of carbonyl (C=O) groups excluding carboxylic acids is 1. The number of nitrogens with one attached hydrogen (secondary N) is 1. The summed E-state index contributed by atoms with van der Waals surface area (Å²) in [6.07, 6.45) is 1.61. The normalized spacial score (nSPS) is 12.3. The van der Waals surface area contributed by atoms with Crippen LogP contribution < -0.4 is 15.7 Å².